The van der Waals surface area contributed by atoms with E-state index in [0.29, 0.717) is 12.5 Å². The smallest absolute Gasteiger partial charge is 0.124 e. The van der Waals surface area contributed by atoms with Crippen LogP contribution in [0.5, 0.6) is 0 Å². The van der Waals surface area contributed by atoms with Gasteiger partial charge in [0.15, 0.2) is 0 Å². The highest BCUT2D eigenvalue weighted by atomic mass is 79.9. The van der Waals surface area contributed by atoms with E-state index >= 15 is 0 Å². The van der Waals surface area contributed by atoms with Crippen molar-refractivity contribution in [1.29, 1.82) is 0 Å². The molecule has 1 aromatic carbocycles. The number of thiazole rings is 1. The van der Waals surface area contributed by atoms with Crippen LogP contribution in [0.15, 0.2) is 22.7 Å². The molecule has 0 radical (unpaired) electrons. The number of nitrogens with zero attached hydrogens (tertiary/aromatic N) is 1. The summed E-state index contributed by atoms with van der Waals surface area (Å²) < 4.78 is 1.09. The van der Waals surface area contributed by atoms with Crippen LogP contribution in [0.1, 0.15) is 35.4 Å². The summed E-state index contributed by atoms with van der Waals surface area (Å²) in [5.74, 6) is 0.429. The summed E-state index contributed by atoms with van der Waals surface area (Å²) in [6, 6.07) is 6.33. The Bertz CT molecular complexity index is 574. The highest BCUT2D eigenvalue weighted by molar-refractivity contribution is 9.10. The van der Waals surface area contributed by atoms with Crippen molar-refractivity contribution in [2.45, 2.75) is 33.1 Å². The van der Waals surface area contributed by atoms with Gasteiger partial charge < -0.3 is 5.73 Å². The van der Waals surface area contributed by atoms with Crippen LogP contribution < -0.4 is 5.73 Å². The first-order valence-corrected chi connectivity index (χ1v) is 8.11. The summed E-state index contributed by atoms with van der Waals surface area (Å²) in [7, 11) is 0. The van der Waals surface area contributed by atoms with Gasteiger partial charge in [0.2, 0.25) is 0 Å². The second kappa shape index (κ2) is 6.16. The number of benzene rings is 1. The van der Waals surface area contributed by atoms with Gasteiger partial charge in [0, 0.05) is 27.4 Å². The maximum atomic E-state index is 5.86. The SMILES string of the molecule is CCC(CN)c1sc(-c2cc(Br)ccc2C)nc1C. The van der Waals surface area contributed by atoms with Crippen molar-refractivity contribution in [3.8, 4) is 10.6 Å². The Balaban J connectivity index is 2.47. The van der Waals surface area contributed by atoms with E-state index in [-0.39, 0.29) is 0 Å². The molecule has 0 saturated heterocycles. The Morgan fingerprint density at radius 3 is 2.74 bits per heavy atom. The van der Waals surface area contributed by atoms with Gasteiger partial charge in [-0.25, -0.2) is 4.98 Å². The fourth-order valence-electron chi connectivity index (χ4n) is 2.19. The molecular formula is C15H19BrN2S. The molecule has 0 saturated carbocycles. The van der Waals surface area contributed by atoms with Gasteiger partial charge in [-0.15, -0.1) is 11.3 Å². The zero-order valence-corrected chi connectivity index (χ0v) is 13.9. The van der Waals surface area contributed by atoms with E-state index in [0.717, 1.165) is 21.6 Å². The van der Waals surface area contributed by atoms with Gasteiger partial charge in [-0.1, -0.05) is 28.9 Å². The van der Waals surface area contributed by atoms with Crippen LogP contribution in [0.3, 0.4) is 0 Å². The second-order valence-corrected chi connectivity index (χ2v) is 6.72. The molecule has 2 rings (SSSR count). The Hall–Kier alpha value is -0.710. The first kappa shape index (κ1) is 14.7. The average molecular weight is 339 g/mol. The number of aryl methyl sites for hydroxylation is 2. The van der Waals surface area contributed by atoms with E-state index in [1.165, 1.54) is 16.0 Å². The number of aromatic nitrogens is 1. The van der Waals surface area contributed by atoms with E-state index in [1.807, 2.05) is 0 Å². The van der Waals surface area contributed by atoms with Gasteiger partial charge in [-0.2, -0.15) is 0 Å². The van der Waals surface area contributed by atoms with Gasteiger partial charge in [-0.05, 0) is 38.0 Å². The number of hydrogen-bond acceptors (Lipinski definition) is 3. The predicted octanol–water partition coefficient (Wildman–Crippen LogP) is 4.64. The lowest BCUT2D eigenvalue weighted by Crippen LogP contribution is -2.11. The molecule has 2 aromatic rings. The molecule has 2 nitrogen and oxygen atoms in total. The summed E-state index contributed by atoms with van der Waals surface area (Å²) in [5, 5.41) is 1.10. The Kier molecular flexibility index (Phi) is 4.76. The van der Waals surface area contributed by atoms with Gasteiger partial charge in [0.25, 0.3) is 0 Å². The van der Waals surface area contributed by atoms with Crippen molar-refractivity contribution in [3.63, 3.8) is 0 Å². The van der Waals surface area contributed by atoms with Crippen molar-refractivity contribution in [2.75, 3.05) is 6.54 Å². The van der Waals surface area contributed by atoms with Gasteiger partial charge in [0.1, 0.15) is 5.01 Å². The zero-order valence-electron chi connectivity index (χ0n) is 11.5. The number of hydrogen-bond donors (Lipinski definition) is 1. The molecule has 0 aliphatic rings. The largest absolute Gasteiger partial charge is 0.330 e. The third kappa shape index (κ3) is 3.07. The normalized spacial score (nSPS) is 12.7. The lowest BCUT2D eigenvalue weighted by molar-refractivity contribution is 0.680. The van der Waals surface area contributed by atoms with E-state index in [2.05, 4.69) is 54.9 Å². The molecule has 4 heteroatoms. The van der Waals surface area contributed by atoms with Crippen molar-refractivity contribution in [3.05, 3.63) is 38.8 Å². The molecule has 0 spiro atoms. The third-order valence-corrected chi connectivity index (χ3v) is 5.26. The highest BCUT2D eigenvalue weighted by Gasteiger charge is 2.17. The van der Waals surface area contributed by atoms with E-state index < -0.39 is 0 Å². The van der Waals surface area contributed by atoms with E-state index in [1.54, 1.807) is 11.3 Å². The minimum Gasteiger partial charge on any atom is -0.330 e. The fourth-order valence-corrected chi connectivity index (χ4v) is 3.89. The summed E-state index contributed by atoms with van der Waals surface area (Å²) in [6.45, 7) is 7.08. The molecule has 1 aromatic heterocycles. The van der Waals surface area contributed by atoms with Crippen LogP contribution in [-0.2, 0) is 0 Å². The van der Waals surface area contributed by atoms with Crippen LogP contribution >= 0.6 is 27.3 Å². The minimum atomic E-state index is 0.429. The maximum Gasteiger partial charge on any atom is 0.124 e. The van der Waals surface area contributed by atoms with Gasteiger partial charge in [-0.3, -0.25) is 0 Å². The van der Waals surface area contributed by atoms with Crippen molar-refractivity contribution in [1.82, 2.24) is 4.98 Å². The van der Waals surface area contributed by atoms with Gasteiger partial charge in [0.05, 0.1) is 5.69 Å². The molecule has 2 N–H and O–H groups in total. The third-order valence-electron chi connectivity index (χ3n) is 3.41. The maximum absolute atomic E-state index is 5.86. The molecule has 1 atom stereocenters. The molecule has 1 unspecified atom stereocenters. The second-order valence-electron chi connectivity index (χ2n) is 4.77. The summed E-state index contributed by atoms with van der Waals surface area (Å²) in [4.78, 5) is 6.07. The Labute approximate surface area is 127 Å². The quantitative estimate of drug-likeness (QED) is 0.881. The van der Waals surface area contributed by atoms with E-state index in [4.69, 9.17) is 10.7 Å². The monoisotopic (exact) mass is 338 g/mol. The van der Waals surface area contributed by atoms with Crippen LogP contribution in [0.25, 0.3) is 10.6 Å². The van der Waals surface area contributed by atoms with Crippen LogP contribution in [0, 0.1) is 13.8 Å². The fraction of sp³-hybridized carbons (Fsp3) is 0.400. The number of nitrogens with two attached hydrogens (primary N) is 1. The standard InChI is InChI=1S/C15H19BrN2S/c1-4-11(8-17)14-10(3)18-15(19-14)13-7-12(16)6-5-9(13)2/h5-7,11H,4,8,17H2,1-3H3. The Morgan fingerprint density at radius 2 is 2.11 bits per heavy atom. The molecule has 0 bridgehead atoms. The summed E-state index contributed by atoms with van der Waals surface area (Å²) in [5.41, 5.74) is 9.44. The van der Waals surface area contributed by atoms with Crippen molar-refractivity contribution >= 4 is 27.3 Å². The first-order chi connectivity index (χ1) is 9.06. The van der Waals surface area contributed by atoms with Crippen molar-refractivity contribution < 1.29 is 0 Å². The van der Waals surface area contributed by atoms with Crippen molar-refractivity contribution in [2.24, 2.45) is 5.73 Å². The topological polar surface area (TPSA) is 38.9 Å². The van der Waals surface area contributed by atoms with E-state index in [9.17, 15) is 0 Å². The van der Waals surface area contributed by atoms with Crippen LogP contribution in [0.4, 0.5) is 0 Å². The summed E-state index contributed by atoms with van der Waals surface area (Å²) in [6.07, 6.45) is 1.07. The molecule has 1 heterocycles. The molecule has 0 aliphatic heterocycles. The predicted molar refractivity (Wildman–Crippen MR) is 86.8 cm³/mol. The number of halogens is 1. The molecule has 19 heavy (non-hydrogen) atoms. The molecular weight excluding hydrogens is 320 g/mol. The van der Waals surface area contributed by atoms with Gasteiger partial charge >= 0.3 is 0 Å². The average Bonchev–Trinajstić information content (AvgIpc) is 2.76. The lowest BCUT2D eigenvalue weighted by atomic mass is 10.0. The molecule has 0 aliphatic carbocycles. The first-order valence-electron chi connectivity index (χ1n) is 6.50. The zero-order chi connectivity index (χ0) is 14.0. The van der Waals surface area contributed by atoms with Crippen LogP contribution in [-0.4, -0.2) is 11.5 Å². The lowest BCUT2D eigenvalue weighted by Gasteiger charge is -2.09. The highest BCUT2D eigenvalue weighted by Crippen LogP contribution is 2.35. The molecule has 102 valence electrons. The number of rotatable bonds is 4. The Morgan fingerprint density at radius 1 is 1.37 bits per heavy atom. The van der Waals surface area contributed by atoms with Crippen LogP contribution in [0.2, 0.25) is 0 Å². The minimum absolute atomic E-state index is 0.429. The molecule has 0 fully saturated rings. The summed E-state index contributed by atoms with van der Waals surface area (Å²) >= 11 is 5.31. The molecule has 0 amide bonds.